The van der Waals surface area contributed by atoms with Gasteiger partial charge in [0.1, 0.15) is 24.7 Å². The van der Waals surface area contributed by atoms with Gasteiger partial charge in [0.05, 0.1) is 26.4 Å². The molecule has 23 heavy (non-hydrogen) atoms. The zero-order chi connectivity index (χ0) is 17.5. The zero-order valence-corrected chi connectivity index (χ0v) is 15.2. The molecule has 0 aliphatic heterocycles. The molecule has 7 heteroatoms. The highest BCUT2D eigenvalue weighted by atomic mass is 32.2. The summed E-state index contributed by atoms with van der Waals surface area (Å²) in [7, 11) is 0.135. The van der Waals surface area contributed by atoms with Crippen molar-refractivity contribution in [1.29, 1.82) is 0 Å². The second-order valence-corrected chi connectivity index (χ2v) is 7.36. The summed E-state index contributed by atoms with van der Waals surface area (Å²) in [5.74, 6) is 1.96. The summed E-state index contributed by atoms with van der Waals surface area (Å²) in [5.41, 5.74) is 0.368. The van der Waals surface area contributed by atoms with E-state index in [0.717, 1.165) is 11.5 Å². The summed E-state index contributed by atoms with van der Waals surface area (Å²) >= 11 is 0. The predicted molar refractivity (Wildman–Crippen MR) is 91.7 cm³/mol. The largest absolute Gasteiger partial charge is 0.460 e. The molecule has 0 unspecified atom stereocenters. The monoisotopic (exact) mass is 349 g/mol. The summed E-state index contributed by atoms with van der Waals surface area (Å²) < 4.78 is 20.5. The van der Waals surface area contributed by atoms with Crippen LogP contribution in [0.2, 0.25) is 0 Å². The Kier molecular flexibility index (Phi) is 13.9. The predicted octanol–water partition coefficient (Wildman–Crippen LogP) is 1.34. The van der Waals surface area contributed by atoms with Gasteiger partial charge in [0.15, 0.2) is 0 Å². The lowest BCUT2D eigenvalue weighted by Gasteiger charge is -2.08. The van der Waals surface area contributed by atoms with E-state index in [1.807, 2.05) is 0 Å². The van der Waals surface area contributed by atoms with Crippen LogP contribution in [0, 0.1) is 0 Å². The number of hydrogen-bond donors (Lipinski definition) is 0. The second-order valence-electron chi connectivity index (χ2n) is 4.70. The van der Waals surface area contributed by atoms with Crippen LogP contribution in [0.15, 0.2) is 12.2 Å². The van der Waals surface area contributed by atoms with Crippen LogP contribution in [0.25, 0.3) is 0 Å². The molecule has 0 rings (SSSR count). The molecule has 0 saturated heterocycles. The number of ether oxygens (including phenoxy) is 4. The second kappa shape index (κ2) is 14.5. The van der Waals surface area contributed by atoms with Crippen LogP contribution in [-0.2, 0) is 39.4 Å². The normalized spacial score (nSPS) is 10.6. The molecule has 0 aliphatic rings. The van der Waals surface area contributed by atoms with Crippen molar-refractivity contribution < 1.29 is 28.5 Å². The van der Waals surface area contributed by atoms with Crippen LogP contribution in [0.3, 0.4) is 0 Å². The number of hydrogen-bond acceptors (Lipinski definition) is 6. The number of carbonyl (C=O) groups is 2. The van der Waals surface area contributed by atoms with Gasteiger partial charge in [-0.25, -0.2) is 9.59 Å². The van der Waals surface area contributed by atoms with Gasteiger partial charge in [0, 0.05) is 5.57 Å². The highest BCUT2D eigenvalue weighted by Crippen LogP contribution is 1.97. The molecule has 0 amide bonds. The third-order valence-electron chi connectivity index (χ3n) is 2.81. The molecular formula is C16H29O6S+. The van der Waals surface area contributed by atoms with Crippen molar-refractivity contribution in [3.63, 3.8) is 0 Å². The number of carbonyl (C=O) groups excluding carboxylic acids is 2. The third-order valence-corrected chi connectivity index (χ3v) is 5.09. The molecule has 0 atom stereocenters. The van der Waals surface area contributed by atoms with E-state index in [4.69, 9.17) is 18.9 Å². The van der Waals surface area contributed by atoms with E-state index in [1.54, 1.807) is 6.92 Å². The molecule has 0 N–H and O–H groups in total. The zero-order valence-electron chi connectivity index (χ0n) is 14.4. The number of rotatable bonds is 14. The molecular weight excluding hydrogens is 320 g/mol. The first kappa shape index (κ1) is 21.9. The van der Waals surface area contributed by atoms with Gasteiger partial charge in [-0.2, -0.15) is 0 Å². The van der Waals surface area contributed by atoms with Crippen LogP contribution in [0.4, 0.5) is 0 Å². The Balaban J connectivity index is 3.35. The maximum Gasteiger partial charge on any atom is 0.356 e. The summed E-state index contributed by atoms with van der Waals surface area (Å²) in [4.78, 5) is 22.6. The Morgan fingerprint density at radius 1 is 0.870 bits per heavy atom. The fourth-order valence-corrected chi connectivity index (χ4v) is 2.70. The molecule has 6 nitrogen and oxygen atoms in total. The highest BCUT2D eigenvalue weighted by Gasteiger charge is 2.18. The van der Waals surface area contributed by atoms with Gasteiger partial charge in [0.25, 0.3) is 0 Å². The molecule has 0 radical (unpaired) electrons. The Bertz CT molecular complexity index is 354. The van der Waals surface area contributed by atoms with Crippen molar-refractivity contribution in [2.75, 3.05) is 56.9 Å². The first-order valence-corrected chi connectivity index (χ1v) is 9.52. The van der Waals surface area contributed by atoms with Gasteiger partial charge in [-0.1, -0.05) is 6.58 Å². The minimum absolute atomic E-state index is 0.135. The molecule has 0 heterocycles. The van der Waals surface area contributed by atoms with Crippen molar-refractivity contribution >= 4 is 22.8 Å². The average molecular weight is 349 g/mol. The van der Waals surface area contributed by atoms with E-state index in [-0.39, 0.29) is 30.1 Å². The molecule has 0 aliphatic carbocycles. The van der Waals surface area contributed by atoms with E-state index in [0.29, 0.717) is 37.8 Å². The SMILES string of the molecule is C=C(C)C(=O)OCCOCCOCCOC(=O)C[S+](CC)CC. The lowest BCUT2D eigenvalue weighted by atomic mass is 10.4. The first-order chi connectivity index (χ1) is 11.0. The van der Waals surface area contributed by atoms with Crippen LogP contribution in [0.5, 0.6) is 0 Å². The minimum atomic E-state index is -0.416. The van der Waals surface area contributed by atoms with E-state index in [2.05, 4.69) is 20.4 Å². The summed E-state index contributed by atoms with van der Waals surface area (Å²) in [6, 6.07) is 0. The fourth-order valence-electron chi connectivity index (χ4n) is 1.47. The smallest absolute Gasteiger partial charge is 0.356 e. The molecule has 0 saturated carbocycles. The third kappa shape index (κ3) is 13.1. The first-order valence-electron chi connectivity index (χ1n) is 7.79. The van der Waals surface area contributed by atoms with Gasteiger partial charge in [-0.15, -0.1) is 0 Å². The standard InChI is InChI=1S/C16H29O6S/c1-5-23(6-2)13-15(17)21-11-9-19-7-8-20-10-12-22-16(18)14(3)4/h3,5-13H2,1-2,4H3/q+1. The maximum atomic E-state index is 11.5. The summed E-state index contributed by atoms with van der Waals surface area (Å²) in [6.45, 7) is 11.2. The average Bonchev–Trinajstić information content (AvgIpc) is 2.53. The molecule has 0 fully saturated rings. The molecule has 0 aromatic heterocycles. The van der Waals surface area contributed by atoms with E-state index in [1.165, 1.54) is 0 Å². The van der Waals surface area contributed by atoms with Crippen molar-refractivity contribution in [2.24, 2.45) is 0 Å². The molecule has 0 bridgehead atoms. The van der Waals surface area contributed by atoms with E-state index in [9.17, 15) is 9.59 Å². The van der Waals surface area contributed by atoms with Crippen LogP contribution in [0.1, 0.15) is 20.8 Å². The lowest BCUT2D eigenvalue weighted by molar-refractivity contribution is -0.143. The minimum Gasteiger partial charge on any atom is -0.460 e. The van der Waals surface area contributed by atoms with Crippen molar-refractivity contribution in [1.82, 2.24) is 0 Å². The van der Waals surface area contributed by atoms with Gasteiger partial charge in [-0.3, -0.25) is 0 Å². The van der Waals surface area contributed by atoms with Crippen molar-refractivity contribution in [2.45, 2.75) is 20.8 Å². The van der Waals surface area contributed by atoms with Gasteiger partial charge in [-0.05, 0) is 31.7 Å². The highest BCUT2D eigenvalue weighted by molar-refractivity contribution is 7.97. The Labute approximate surface area is 141 Å². The Morgan fingerprint density at radius 2 is 1.35 bits per heavy atom. The van der Waals surface area contributed by atoms with Gasteiger partial charge < -0.3 is 18.9 Å². The fraction of sp³-hybridized carbons (Fsp3) is 0.750. The Morgan fingerprint density at radius 3 is 1.83 bits per heavy atom. The molecule has 134 valence electrons. The van der Waals surface area contributed by atoms with Crippen LogP contribution >= 0.6 is 0 Å². The molecule has 0 spiro atoms. The van der Waals surface area contributed by atoms with E-state index >= 15 is 0 Å². The quantitative estimate of drug-likeness (QED) is 0.204. The maximum absolute atomic E-state index is 11.5. The number of esters is 2. The Hall–Kier alpha value is -1.05. The van der Waals surface area contributed by atoms with Crippen LogP contribution < -0.4 is 0 Å². The van der Waals surface area contributed by atoms with E-state index < -0.39 is 5.97 Å². The summed E-state index contributed by atoms with van der Waals surface area (Å²) in [6.07, 6.45) is 0. The molecule has 0 aromatic carbocycles. The van der Waals surface area contributed by atoms with Crippen molar-refractivity contribution in [3.8, 4) is 0 Å². The van der Waals surface area contributed by atoms with Gasteiger partial charge in [0.2, 0.25) is 5.75 Å². The summed E-state index contributed by atoms with van der Waals surface area (Å²) in [5, 5.41) is 0. The lowest BCUT2D eigenvalue weighted by Crippen LogP contribution is -2.23. The van der Waals surface area contributed by atoms with Gasteiger partial charge >= 0.3 is 11.9 Å². The topological polar surface area (TPSA) is 71.1 Å². The van der Waals surface area contributed by atoms with Crippen molar-refractivity contribution in [3.05, 3.63) is 12.2 Å². The van der Waals surface area contributed by atoms with Crippen LogP contribution in [-0.4, -0.2) is 68.8 Å². The molecule has 0 aromatic rings.